The van der Waals surface area contributed by atoms with Crippen molar-refractivity contribution in [3.05, 3.63) is 29.6 Å². The minimum atomic E-state index is -0.353. The summed E-state index contributed by atoms with van der Waals surface area (Å²) in [5.41, 5.74) is 0.800. The average Bonchev–Trinajstić information content (AvgIpc) is 2.86. The van der Waals surface area contributed by atoms with Crippen LogP contribution in [0, 0.1) is 5.82 Å². The Kier molecular flexibility index (Phi) is 5.21. The Balaban J connectivity index is 2.32. The maximum absolute atomic E-state index is 14.1. The van der Waals surface area contributed by atoms with Crippen LogP contribution in [0.15, 0.2) is 18.2 Å². The Labute approximate surface area is 126 Å². The number of halogens is 1. The summed E-state index contributed by atoms with van der Waals surface area (Å²) in [7, 11) is 0. The second-order valence-corrected chi connectivity index (χ2v) is 5.79. The van der Waals surface area contributed by atoms with Crippen LogP contribution in [-0.4, -0.2) is 29.4 Å². The molecule has 1 heterocycles. The number of para-hydroxylation sites is 1. The van der Waals surface area contributed by atoms with E-state index in [9.17, 15) is 9.18 Å². The van der Waals surface area contributed by atoms with Crippen LogP contribution >= 0.6 is 0 Å². The third-order valence-electron chi connectivity index (χ3n) is 4.29. The number of likely N-dealkylation sites (tertiary alicyclic amines) is 1. The minimum Gasteiger partial charge on any atom is -0.382 e. The Hall–Kier alpha value is -1.58. The molecule has 1 aliphatic rings. The monoisotopic (exact) mass is 292 g/mol. The lowest BCUT2D eigenvalue weighted by molar-refractivity contribution is 0.0677. The molecule has 2 unspecified atom stereocenters. The molecule has 1 aromatic carbocycles. The average molecular weight is 292 g/mol. The molecule has 1 fully saturated rings. The summed E-state index contributed by atoms with van der Waals surface area (Å²) in [6, 6.07) is 5.24. The Morgan fingerprint density at radius 3 is 2.81 bits per heavy atom. The number of benzene rings is 1. The van der Waals surface area contributed by atoms with E-state index in [1.54, 1.807) is 12.1 Å². The molecule has 1 aliphatic heterocycles. The predicted molar refractivity (Wildman–Crippen MR) is 84.1 cm³/mol. The highest BCUT2D eigenvalue weighted by atomic mass is 19.1. The van der Waals surface area contributed by atoms with Crippen molar-refractivity contribution in [3.63, 3.8) is 0 Å². The molecule has 21 heavy (non-hydrogen) atoms. The number of amides is 1. The van der Waals surface area contributed by atoms with Gasteiger partial charge in [-0.25, -0.2) is 4.39 Å². The molecule has 1 aromatic rings. The molecule has 0 aliphatic carbocycles. The van der Waals surface area contributed by atoms with E-state index in [-0.39, 0.29) is 23.8 Å². The fourth-order valence-electron chi connectivity index (χ4n) is 3.11. The number of hydrogen-bond donors (Lipinski definition) is 1. The third kappa shape index (κ3) is 3.20. The lowest BCUT2D eigenvalue weighted by atomic mass is 10.1. The van der Waals surface area contributed by atoms with Crippen molar-refractivity contribution in [1.29, 1.82) is 0 Å². The van der Waals surface area contributed by atoms with Crippen LogP contribution in [0.2, 0.25) is 0 Å². The topological polar surface area (TPSA) is 32.3 Å². The van der Waals surface area contributed by atoms with Gasteiger partial charge in [0.15, 0.2) is 0 Å². The Morgan fingerprint density at radius 2 is 2.14 bits per heavy atom. The normalized spacial score (nSPS) is 21.6. The molecule has 1 saturated heterocycles. The molecule has 4 heteroatoms. The molecule has 2 rings (SSSR count). The fourth-order valence-corrected chi connectivity index (χ4v) is 3.11. The van der Waals surface area contributed by atoms with Gasteiger partial charge < -0.3 is 10.2 Å². The molecule has 0 radical (unpaired) electrons. The zero-order valence-corrected chi connectivity index (χ0v) is 13.2. The SMILES string of the molecule is CCCNc1c(F)cccc1C(=O)N1C(C)CCC1CC. The van der Waals surface area contributed by atoms with E-state index in [0.29, 0.717) is 17.8 Å². The maximum Gasteiger partial charge on any atom is 0.256 e. The first kappa shape index (κ1) is 15.8. The summed E-state index contributed by atoms with van der Waals surface area (Å²) in [5, 5.41) is 3.06. The van der Waals surface area contributed by atoms with Gasteiger partial charge in [-0.3, -0.25) is 4.79 Å². The largest absolute Gasteiger partial charge is 0.382 e. The van der Waals surface area contributed by atoms with Gasteiger partial charge in [0.05, 0.1) is 11.3 Å². The van der Waals surface area contributed by atoms with Gasteiger partial charge in [0.1, 0.15) is 5.82 Å². The molecule has 0 bridgehead atoms. The molecule has 0 spiro atoms. The number of nitrogens with zero attached hydrogens (tertiary/aromatic N) is 1. The van der Waals surface area contributed by atoms with Gasteiger partial charge in [-0.2, -0.15) is 0 Å². The summed E-state index contributed by atoms with van der Waals surface area (Å²) in [6.07, 6.45) is 3.90. The standard InChI is InChI=1S/C17H25FN2O/c1-4-11-19-16-14(7-6-8-15(16)18)17(21)20-12(3)9-10-13(20)5-2/h6-8,12-13,19H,4-5,9-11H2,1-3H3. The summed E-state index contributed by atoms with van der Waals surface area (Å²) >= 11 is 0. The van der Waals surface area contributed by atoms with E-state index in [2.05, 4.69) is 19.2 Å². The van der Waals surface area contributed by atoms with Crippen molar-refractivity contribution in [2.24, 2.45) is 0 Å². The molecule has 0 aromatic heterocycles. The quantitative estimate of drug-likeness (QED) is 0.888. The molecular formula is C17H25FN2O. The maximum atomic E-state index is 14.1. The molecule has 1 amide bonds. The second-order valence-electron chi connectivity index (χ2n) is 5.79. The van der Waals surface area contributed by atoms with E-state index in [1.165, 1.54) is 6.07 Å². The van der Waals surface area contributed by atoms with Crippen molar-refractivity contribution in [2.45, 2.75) is 58.5 Å². The summed E-state index contributed by atoms with van der Waals surface area (Å²) in [4.78, 5) is 14.8. The van der Waals surface area contributed by atoms with Gasteiger partial charge in [0.25, 0.3) is 5.91 Å². The van der Waals surface area contributed by atoms with Crippen LogP contribution in [0.1, 0.15) is 56.8 Å². The first-order chi connectivity index (χ1) is 10.1. The van der Waals surface area contributed by atoms with Gasteiger partial charge in [0.2, 0.25) is 0 Å². The highest BCUT2D eigenvalue weighted by Crippen LogP contribution is 2.30. The third-order valence-corrected chi connectivity index (χ3v) is 4.29. The number of rotatable bonds is 5. The zero-order chi connectivity index (χ0) is 15.4. The lowest BCUT2D eigenvalue weighted by Crippen LogP contribution is -2.40. The first-order valence-electron chi connectivity index (χ1n) is 7.95. The van der Waals surface area contributed by atoms with Gasteiger partial charge in [-0.05, 0) is 44.7 Å². The Morgan fingerprint density at radius 1 is 1.38 bits per heavy atom. The molecular weight excluding hydrogens is 267 g/mol. The molecule has 3 nitrogen and oxygen atoms in total. The van der Waals surface area contributed by atoms with E-state index in [0.717, 1.165) is 25.7 Å². The van der Waals surface area contributed by atoms with E-state index in [1.807, 2.05) is 11.8 Å². The van der Waals surface area contributed by atoms with E-state index in [4.69, 9.17) is 0 Å². The van der Waals surface area contributed by atoms with Crippen LogP contribution in [0.4, 0.5) is 10.1 Å². The highest BCUT2D eigenvalue weighted by molar-refractivity contribution is 6.00. The van der Waals surface area contributed by atoms with Crippen LogP contribution in [-0.2, 0) is 0 Å². The van der Waals surface area contributed by atoms with Gasteiger partial charge in [-0.1, -0.05) is 19.9 Å². The van der Waals surface area contributed by atoms with Gasteiger partial charge in [-0.15, -0.1) is 0 Å². The van der Waals surface area contributed by atoms with E-state index >= 15 is 0 Å². The highest BCUT2D eigenvalue weighted by Gasteiger charge is 2.34. The van der Waals surface area contributed by atoms with Crippen molar-refractivity contribution < 1.29 is 9.18 Å². The van der Waals surface area contributed by atoms with Crippen LogP contribution in [0.3, 0.4) is 0 Å². The molecule has 116 valence electrons. The summed E-state index contributed by atoms with van der Waals surface area (Å²) < 4.78 is 14.1. The van der Waals surface area contributed by atoms with Crippen LogP contribution < -0.4 is 5.32 Å². The number of carbonyl (C=O) groups excluding carboxylic acids is 1. The van der Waals surface area contributed by atoms with Crippen molar-refractivity contribution >= 4 is 11.6 Å². The Bertz CT molecular complexity index is 504. The van der Waals surface area contributed by atoms with Crippen molar-refractivity contribution in [3.8, 4) is 0 Å². The smallest absolute Gasteiger partial charge is 0.256 e. The van der Waals surface area contributed by atoms with Crippen LogP contribution in [0.25, 0.3) is 0 Å². The number of hydrogen-bond acceptors (Lipinski definition) is 2. The number of anilines is 1. The van der Waals surface area contributed by atoms with Gasteiger partial charge >= 0.3 is 0 Å². The predicted octanol–water partition coefficient (Wildman–Crippen LogP) is 4.05. The second kappa shape index (κ2) is 6.92. The first-order valence-corrected chi connectivity index (χ1v) is 7.95. The van der Waals surface area contributed by atoms with Crippen molar-refractivity contribution in [2.75, 3.05) is 11.9 Å². The molecule has 0 saturated carbocycles. The summed E-state index contributed by atoms with van der Waals surface area (Å²) in [5.74, 6) is -0.404. The van der Waals surface area contributed by atoms with Gasteiger partial charge in [0, 0.05) is 18.6 Å². The van der Waals surface area contributed by atoms with Crippen LogP contribution in [0.5, 0.6) is 0 Å². The zero-order valence-electron chi connectivity index (χ0n) is 13.2. The number of carbonyl (C=O) groups is 1. The number of nitrogens with one attached hydrogen (secondary N) is 1. The fraction of sp³-hybridized carbons (Fsp3) is 0.588. The molecule has 1 N–H and O–H groups in total. The molecule has 2 atom stereocenters. The summed E-state index contributed by atoms with van der Waals surface area (Å²) in [6.45, 7) is 6.86. The van der Waals surface area contributed by atoms with Crippen molar-refractivity contribution in [1.82, 2.24) is 4.90 Å². The van der Waals surface area contributed by atoms with E-state index < -0.39 is 0 Å². The minimum absolute atomic E-state index is 0.0510. The lowest BCUT2D eigenvalue weighted by Gasteiger charge is -2.29.